The molecule has 0 spiro atoms. The topological polar surface area (TPSA) is 62.8 Å². The Bertz CT molecular complexity index is 279. The number of hydrogen-bond donors (Lipinski definition) is 2. The third-order valence-corrected chi connectivity index (χ3v) is 1.18. The Kier molecular flexibility index (Phi) is 2.52. The largest absolute Gasteiger partial charge is 0.303 e. The number of anilines is 1. The van der Waals surface area contributed by atoms with Gasteiger partial charge in [0.2, 0.25) is 0 Å². The molecule has 0 amide bonds. The lowest BCUT2D eigenvalue weighted by atomic mass is 10.3. The summed E-state index contributed by atoms with van der Waals surface area (Å²) in [6, 6.07) is 3.43. The van der Waals surface area contributed by atoms with Gasteiger partial charge < -0.3 is 5.84 Å². The molecule has 0 saturated heterocycles. The van der Waals surface area contributed by atoms with Crippen LogP contribution in [-0.4, -0.2) is 0 Å². The van der Waals surface area contributed by atoms with Crippen LogP contribution in [0, 0.1) is 11.6 Å². The molecule has 0 aliphatic carbocycles. The lowest BCUT2D eigenvalue weighted by Gasteiger charge is -2.00. The van der Waals surface area contributed by atoms with Gasteiger partial charge in [-0.3, -0.25) is 5.43 Å². The standard InChI is InChI=1S/C6H6F2N4/c7-4-2-1-3-5(8)6(4)10-12-11-9/h1-3H,(H2,9,12)(H,10,11). The summed E-state index contributed by atoms with van der Waals surface area (Å²) in [5.74, 6) is 3.13. The van der Waals surface area contributed by atoms with Crippen LogP contribution < -0.4 is 11.3 Å². The summed E-state index contributed by atoms with van der Waals surface area (Å²) in [6.45, 7) is 0. The zero-order valence-corrected chi connectivity index (χ0v) is 5.96. The van der Waals surface area contributed by atoms with Crippen molar-refractivity contribution in [1.29, 1.82) is 0 Å². The molecule has 0 aliphatic heterocycles. The average molecular weight is 172 g/mol. The van der Waals surface area contributed by atoms with Crippen molar-refractivity contribution in [2.45, 2.75) is 0 Å². The molecule has 0 bridgehead atoms. The molecule has 12 heavy (non-hydrogen) atoms. The molecule has 1 rings (SSSR count). The SMILES string of the molecule is N/N=N\Nc1c(F)cccc1F. The Morgan fingerprint density at radius 3 is 2.33 bits per heavy atom. The van der Waals surface area contributed by atoms with Crippen LogP contribution in [0.15, 0.2) is 28.6 Å². The Labute approximate surface area is 67.0 Å². The van der Waals surface area contributed by atoms with Gasteiger partial charge in [0.15, 0.2) is 11.6 Å². The van der Waals surface area contributed by atoms with Crippen molar-refractivity contribution in [1.82, 2.24) is 0 Å². The molecule has 3 N–H and O–H groups in total. The fraction of sp³-hybridized carbons (Fsp3) is 0. The van der Waals surface area contributed by atoms with Gasteiger partial charge in [-0.15, -0.1) is 0 Å². The van der Waals surface area contributed by atoms with E-state index in [0.717, 1.165) is 12.1 Å². The molecule has 4 nitrogen and oxygen atoms in total. The van der Waals surface area contributed by atoms with Gasteiger partial charge in [-0.25, -0.2) is 8.78 Å². The predicted octanol–water partition coefficient (Wildman–Crippen LogP) is 1.62. The lowest BCUT2D eigenvalue weighted by Crippen LogP contribution is -1.96. The lowest BCUT2D eigenvalue weighted by molar-refractivity contribution is 0.588. The number of para-hydroxylation sites is 1. The molecule has 0 heterocycles. The van der Waals surface area contributed by atoms with Gasteiger partial charge in [-0.1, -0.05) is 16.5 Å². The van der Waals surface area contributed by atoms with Crippen LogP contribution in [0.2, 0.25) is 0 Å². The van der Waals surface area contributed by atoms with E-state index >= 15 is 0 Å². The fourth-order valence-corrected chi connectivity index (χ4v) is 0.683. The first kappa shape index (κ1) is 8.38. The molecule has 0 saturated carbocycles. The molecule has 0 atom stereocenters. The van der Waals surface area contributed by atoms with Crippen LogP contribution in [0.5, 0.6) is 0 Å². The summed E-state index contributed by atoms with van der Waals surface area (Å²) >= 11 is 0. The minimum Gasteiger partial charge on any atom is -0.303 e. The van der Waals surface area contributed by atoms with Gasteiger partial charge in [0, 0.05) is 0 Å². The average Bonchev–Trinajstić information content (AvgIpc) is 2.04. The number of halogens is 2. The van der Waals surface area contributed by atoms with Crippen LogP contribution >= 0.6 is 0 Å². The summed E-state index contributed by atoms with van der Waals surface area (Å²) in [5.41, 5.74) is 1.65. The molecule has 0 fully saturated rings. The van der Waals surface area contributed by atoms with E-state index in [2.05, 4.69) is 16.3 Å². The van der Waals surface area contributed by atoms with E-state index in [0.29, 0.717) is 0 Å². The molecule has 0 aromatic heterocycles. The first-order chi connectivity index (χ1) is 5.75. The second-order valence-electron chi connectivity index (χ2n) is 1.92. The maximum atomic E-state index is 12.7. The summed E-state index contributed by atoms with van der Waals surface area (Å²) in [5, 5.41) is 5.83. The van der Waals surface area contributed by atoms with Crippen LogP contribution in [0.25, 0.3) is 0 Å². The van der Waals surface area contributed by atoms with E-state index in [-0.39, 0.29) is 5.69 Å². The van der Waals surface area contributed by atoms with Crippen LogP contribution in [0.4, 0.5) is 14.5 Å². The first-order valence-electron chi connectivity index (χ1n) is 3.05. The van der Waals surface area contributed by atoms with Crippen LogP contribution in [0.1, 0.15) is 0 Å². The zero-order chi connectivity index (χ0) is 8.97. The van der Waals surface area contributed by atoms with Gasteiger partial charge in [0.05, 0.1) is 0 Å². The molecular weight excluding hydrogens is 166 g/mol. The van der Waals surface area contributed by atoms with Crippen molar-refractivity contribution in [3.05, 3.63) is 29.8 Å². The second kappa shape index (κ2) is 3.61. The van der Waals surface area contributed by atoms with Gasteiger partial charge in [-0.2, -0.15) is 0 Å². The number of nitrogens with one attached hydrogen (secondary N) is 1. The van der Waals surface area contributed by atoms with Crippen molar-refractivity contribution in [2.75, 3.05) is 5.43 Å². The van der Waals surface area contributed by atoms with Gasteiger partial charge >= 0.3 is 0 Å². The molecular formula is C6H6F2N4. The van der Waals surface area contributed by atoms with Crippen LogP contribution in [-0.2, 0) is 0 Å². The van der Waals surface area contributed by atoms with Crippen molar-refractivity contribution in [3.63, 3.8) is 0 Å². The molecule has 6 heteroatoms. The monoisotopic (exact) mass is 172 g/mol. The number of nitrogens with zero attached hydrogens (tertiary/aromatic N) is 2. The first-order valence-corrected chi connectivity index (χ1v) is 3.05. The molecule has 1 aromatic rings. The highest BCUT2D eigenvalue weighted by Gasteiger charge is 2.05. The quantitative estimate of drug-likeness (QED) is 0.404. The van der Waals surface area contributed by atoms with Crippen molar-refractivity contribution in [2.24, 2.45) is 16.3 Å². The maximum absolute atomic E-state index is 12.7. The van der Waals surface area contributed by atoms with Crippen molar-refractivity contribution in [3.8, 4) is 0 Å². The Morgan fingerprint density at radius 2 is 1.83 bits per heavy atom. The highest BCUT2D eigenvalue weighted by Crippen LogP contribution is 2.17. The predicted molar refractivity (Wildman–Crippen MR) is 39.0 cm³/mol. The second-order valence-corrected chi connectivity index (χ2v) is 1.92. The number of hydrogen-bond acceptors (Lipinski definition) is 2. The number of nitrogens with two attached hydrogens (primary N) is 1. The highest BCUT2D eigenvalue weighted by atomic mass is 19.1. The third-order valence-electron chi connectivity index (χ3n) is 1.18. The number of benzene rings is 1. The van der Waals surface area contributed by atoms with E-state index in [9.17, 15) is 8.78 Å². The Balaban J connectivity index is 2.96. The van der Waals surface area contributed by atoms with E-state index in [1.54, 1.807) is 0 Å². The van der Waals surface area contributed by atoms with Crippen molar-refractivity contribution < 1.29 is 8.78 Å². The summed E-state index contributed by atoms with van der Waals surface area (Å²) < 4.78 is 25.5. The van der Waals surface area contributed by atoms with E-state index in [1.165, 1.54) is 6.07 Å². The van der Waals surface area contributed by atoms with Gasteiger partial charge in [-0.05, 0) is 12.1 Å². The molecule has 0 radical (unpaired) electrons. The minimum atomic E-state index is -0.748. The fourth-order valence-electron chi connectivity index (χ4n) is 0.683. The molecule has 64 valence electrons. The summed E-state index contributed by atoms with van der Waals surface area (Å²) in [7, 11) is 0. The van der Waals surface area contributed by atoms with Gasteiger partial charge in [0.1, 0.15) is 5.69 Å². The van der Waals surface area contributed by atoms with E-state index < -0.39 is 11.6 Å². The van der Waals surface area contributed by atoms with E-state index in [1.807, 2.05) is 5.43 Å². The van der Waals surface area contributed by atoms with Crippen molar-refractivity contribution >= 4 is 5.69 Å². The smallest absolute Gasteiger partial charge is 0.151 e. The highest BCUT2D eigenvalue weighted by molar-refractivity contribution is 5.44. The molecule has 1 aromatic carbocycles. The van der Waals surface area contributed by atoms with Crippen LogP contribution in [0.3, 0.4) is 0 Å². The zero-order valence-electron chi connectivity index (χ0n) is 5.96. The molecule has 0 unspecified atom stereocenters. The summed E-state index contributed by atoms with van der Waals surface area (Å²) in [6.07, 6.45) is 0. The molecule has 0 aliphatic rings. The Hall–Kier alpha value is -1.72. The van der Waals surface area contributed by atoms with Gasteiger partial charge in [0.25, 0.3) is 0 Å². The number of rotatable bonds is 2. The summed E-state index contributed by atoms with van der Waals surface area (Å²) in [4.78, 5) is 0. The minimum absolute atomic E-state index is 0.369. The Morgan fingerprint density at radius 1 is 1.25 bits per heavy atom. The maximum Gasteiger partial charge on any atom is 0.151 e. The third kappa shape index (κ3) is 1.66. The normalized spacial score (nSPS) is 10.5. The van der Waals surface area contributed by atoms with E-state index in [4.69, 9.17) is 0 Å².